The number of aryl methyl sites for hydroxylation is 2. The second-order valence-corrected chi connectivity index (χ2v) is 12.4. The molecule has 1 fully saturated rings. The van der Waals surface area contributed by atoms with Crippen LogP contribution in [0.2, 0.25) is 0 Å². The SMILES string of the molecule is CCC1=C([C@H](O)CC/C(=C/c2cc(C)c(O)c(C)c2)c2ccccn2)[C@H](CO)[C@@H]2C(=O)N(Cc3cccs3)C(=O)[C@@H]2C1. The van der Waals surface area contributed by atoms with Crippen molar-refractivity contribution in [2.45, 2.75) is 59.1 Å². The van der Waals surface area contributed by atoms with Crippen molar-refractivity contribution >= 4 is 34.8 Å². The zero-order chi connectivity index (χ0) is 30.0. The molecule has 1 aliphatic heterocycles. The predicted octanol–water partition coefficient (Wildman–Crippen LogP) is 5.67. The van der Waals surface area contributed by atoms with Gasteiger partial charge < -0.3 is 15.3 Å². The van der Waals surface area contributed by atoms with Gasteiger partial charge in [-0.3, -0.25) is 19.5 Å². The number of likely N-dealkylation sites (tertiary alicyclic amines) is 1. The molecule has 3 N–H and O–H groups in total. The van der Waals surface area contributed by atoms with Gasteiger partial charge in [-0.05, 0) is 109 Å². The largest absolute Gasteiger partial charge is 0.507 e. The molecule has 2 aromatic heterocycles. The molecule has 2 aliphatic rings. The number of nitrogens with zero attached hydrogens (tertiary/aromatic N) is 2. The molecule has 8 heteroatoms. The van der Waals surface area contributed by atoms with Crippen molar-refractivity contribution in [2.24, 2.45) is 17.8 Å². The Balaban J connectivity index is 1.41. The highest BCUT2D eigenvalue weighted by Gasteiger charge is 2.54. The van der Waals surface area contributed by atoms with Crippen molar-refractivity contribution in [1.82, 2.24) is 9.88 Å². The molecule has 4 atom stereocenters. The molecule has 3 heterocycles. The maximum atomic E-state index is 13.6. The molecule has 0 radical (unpaired) electrons. The van der Waals surface area contributed by atoms with Crippen LogP contribution in [-0.4, -0.2) is 49.7 Å². The molecule has 0 bridgehead atoms. The van der Waals surface area contributed by atoms with Gasteiger partial charge in [0.1, 0.15) is 5.75 Å². The molecule has 1 saturated heterocycles. The van der Waals surface area contributed by atoms with Crippen molar-refractivity contribution in [3.8, 4) is 5.75 Å². The Morgan fingerprint density at radius 2 is 1.90 bits per heavy atom. The first-order valence-electron chi connectivity index (χ1n) is 14.5. The Bertz CT molecular complexity index is 1490. The Morgan fingerprint density at radius 1 is 1.14 bits per heavy atom. The van der Waals surface area contributed by atoms with Crippen LogP contribution in [0.4, 0.5) is 0 Å². The molecule has 2 amide bonds. The second kappa shape index (κ2) is 12.7. The van der Waals surface area contributed by atoms with Gasteiger partial charge in [-0.2, -0.15) is 0 Å². The van der Waals surface area contributed by atoms with E-state index in [9.17, 15) is 24.9 Å². The summed E-state index contributed by atoms with van der Waals surface area (Å²) in [6, 6.07) is 13.4. The number of pyridine rings is 1. The maximum Gasteiger partial charge on any atom is 0.234 e. The van der Waals surface area contributed by atoms with E-state index < -0.39 is 23.9 Å². The summed E-state index contributed by atoms with van der Waals surface area (Å²) in [5.74, 6) is -1.95. The number of imide groups is 1. The number of fused-ring (bicyclic) bond motifs is 1. The average Bonchev–Trinajstić information content (AvgIpc) is 3.60. The zero-order valence-electron chi connectivity index (χ0n) is 24.3. The number of carbonyl (C=O) groups excluding carboxylic acids is 2. The van der Waals surface area contributed by atoms with Gasteiger partial charge in [0.2, 0.25) is 11.8 Å². The summed E-state index contributed by atoms with van der Waals surface area (Å²) in [7, 11) is 0. The number of carbonyl (C=O) groups is 2. The summed E-state index contributed by atoms with van der Waals surface area (Å²) in [5, 5.41) is 34.4. The number of allylic oxidation sites excluding steroid dienone is 2. The summed E-state index contributed by atoms with van der Waals surface area (Å²) >= 11 is 1.51. The minimum absolute atomic E-state index is 0.184. The number of phenols is 1. The average molecular weight is 587 g/mol. The standard InChI is InChI=1S/C34H38N2O5S/c1-4-23-17-26-31(34(41)36(33(26)40)18-25-8-7-13-42-25)27(19-37)30(23)29(38)11-10-24(28-9-5-6-12-35-28)16-22-14-20(2)32(39)21(3)15-22/h5-9,12-16,26-27,29,31,37-39H,4,10-11,17-19H2,1-3H3/b24-16-/t26-,27+,29-,31-/m1/s1. The number of aliphatic hydroxyl groups is 2. The zero-order valence-corrected chi connectivity index (χ0v) is 25.1. The fourth-order valence-corrected chi connectivity index (χ4v) is 7.32. The normalized spacial score (nSPS) is 21.7. The topological polar surface area (TPSA) is 111 Å². The first kappa shape index (κ1) is 29.9. The fourth-order valence-electron chi connectivity index (χ4n) is 6.63. The number of rotatable bonds is 10. The lowest BCUT2D eigenvalue weighted by Crippen LogP contribution is -2.39. The predicted molar refractivity (Wildman–Crippen MR) is 164 cm³/mol. The van der Waals surface area contributed by atoms with Crippen LogP contribution >= 0.6 is 11.3 Å². The Kier molecular flexibility index (Phi) is 9.06. The van der Waals surface area contributed by atoms with Crippen molar-refractivity contribution in [3.63, 3.8) is 0 Å². The number of aromatic hydroxyl groups is 1. The summed E-state index contributed by atoms with van der Waals surface area (Å²) < 4.78 is 0. The minimum atomic E-state index is -0.886. The van der Waals surface area contributed by atoms with Crippen LogP contribution in [0, 0.1) is 31.6 Å². The van der Waals surface area contributed by atoms with Gasteiger partial charge in [0.25, 0.3) is 0 Å². The number of thiophene rings is 1. The van der Waals surface area contributed by atoms with Gasteiger partial charge in [0.05, 0.1) is 36.8 Å². The lowest BCUT2D eigenvalue weighted by molar-refractivity contribution is -0.140. The van der Waals surface area contributed by atoms with Gasteiger partial charge in [0.15, 0.2) is 0 Å². The van der Waals surface area contributed by atoms with Crippen molar-refractivity contribution in [2.75, 3.05) is 6.61 Å². The number of amides is 2. The lowest BCUT2D eigenvalue weighted by Gasteiger charge is -2.36. The third-order valence-electron chi connectivity index (χ3n) is 8.69. The van der Waals surface area contributed by atoms with Crippen molar-refractivity contribution < 1.29 is 24.9 Å². The number of phenolic OH excluding ortho intramolecular Hbond substituents is 1. The van der Waals surface area contributed by atoms with Crippen LogP contribution < -0.4 is 0 Å². The van der Waals surface area contributed by atoms with Crippen LogP contribution in [0.5, 0.6) is 5.75 Å². The van der Waals surface area contributed by atoms with Crippen molar-refractivity contribution in [1.29, 1.82) is 0 Å². The van der Waals surface area contributed by atoms with Crippen molar-refractivity contribution in [3.05, 3.63) is 92.4 Å². The van der Waals surface area contributed by atoms with Gasteiger partial charge in [-0.25, -0.2) is 0 Å². The van der Waals surface area contributed by atoms with Crippen LogP contribution in [0.3, 0.4) is 0 Å². The van der Waals surface area contributed by atoms with Gasteiger partial charge >= 0.3 is 0 Å². The Hall–Kier alpha value is -3.59. The highest BCUT2D eigenvalue weighted by Crippen LogP contribution is 2.47. The fraction of sp³-hybridized carbons (Fsp3) is 0.382. The van der Waals surface area contributed by atoms with E-state index in [0.717, 1.165) is 38.4 Å². The highest BCUT2D eigenvalue weighted by atomic mass is 32.1. The molecular weight excluding hydrogens is 548 g/mol. The maximum absolute atomic E-state index is 13.6. The lowest BCUT2D eigenvalue weighted by atomic mass is 9.67. The van der Waals surface area contributed by atoms with Crippen LogP contribution in [-0.2, 0) is 16.1 Å². The molecule has 3 aromatic rings. The van der Waals surface area contributed by atoms with E-state index in [1.807, 2.05) is 74.7 Å². The third-order valence-corrected chi connectivity index (χ3v) is 9.55. The van der Waals surface area contributed by atoms with E-state index in [0.29, 0.717) is 31.3 Å². The molecule has 0 saturated carbocycles. The van der Waals surface area contributed by atoms with Gasteiger partial charge in [-0.15, -0.1) is 11.3 Å². The molecule has 1 aliphatic carbocycles. The van der Waals surface area contributed by atoms with E-state index in [1.54, 1.807) is 6.20 Å². The number of aromatic nitrogens is 1. The summed E-state index contributed by atoms with van der Waals surface area (Å²) in [4.78, 5) is 33.8. The van der Waals surface area contributed by atoms with E-state index in [4.69, 9.17) is 0 Å². The molecule has 220 valence electrons. The van der Waals surface area contributed by atoms with E-state index >= 15 is 0 Å². The number of hydrogen-bond donors (Lipinski definition) is 3. The first-order chi connectivity index (χ1) is 20.2. The Morgan fingerprint density at radius 3 is 2.52 bits per heavy atom. The summed E-state index contributed by atoms with van der Waals surface area (Å²) in [5.41, 5.74) is 5.88. The molecule has 42 heavy (non-hydrogen) atoms. The molecule has 0 spiro atoms. The molecule has 7 nitrogen and oxygen atoms in total. The Labute approximate surface area is 250 Å². The van der Waals surface area contributed by atoms with E-state index in [-0.39, 0.29) is 30.7 Å². The van der Waals surface area contributed by atoms with Gasteiger partial charge in [-0.1, -0.05) is 24.6 Å². The van der Waals surface area contributed by atoms with Crippen LogP contribution in [0.1, 0.15) is 59.9 Å². The highest BCUT2D eigenvalue weighted by molar-refractivity contribution is 7.09. The molecule has 1 aromatic carbocycles. The molecular formula is C34H38N2O5S. The van der Waals surface area contributed by atoms with Crippen LogP contribution in [0.15, 0.2) is 65.2 Å². The monoisotopic (exact) mass is 586 g/mol. The van der Waals surface area contributed by atoms with Gasteiger partial charge in [0, 0.05) is 17.0 Å². The summed E-state index contributed by atoms with van der Waals surface area (Å²) in [6.07, 6.45) is 4.80. The van der Waals surface area contributed by atoms with E-state index in [2.05, 4.69) is 4.98 Å². The summed E-state index contributed by atoms with van der Waals surface area (Å²) in [6.45, 7) is 5.66. The number of aliphatic hydroxyl groups excluding tert-OH is 2. The smallest absolute Gasteiger partial charge is 0.234 e. The van der Waals surface area contributed by atoms with E-state index in [1.165, 1.54) is 16.2 Å². The molecule has 0 unspecified atom stereocenters. The minimum Gasteiger partial charge on any atom is -0.507 e. The quantitative estimate of drug-likeness (QED) is 0.209. The second-order valence-electron chi connectivity index (χ2n) is 11.3. The third kappa shape index (κ3) is 5.84. The van der Waals surface area contributed by atoms with Crippen LogP contribution in [0.25, 0.3) is 11.6 Å². The molecule has 5 rings (SSSR count). The first-order valence-corrected chi connectivity index (χ1v) is 15.4. The number of benzene rings is 1. The number of hydrogen-bond acceptors (Lipinski definition) is 7.